The molecule has 2 N–H and O–H groups in total. The lowest BCUT2D eigenvalue weighted by molar-refractivity contribution is -0.197. The summed E-state index contributed by atoms with van der Waals surface area (Å²) in [5, 5.41) is 3.42. The van der Waals surface area contributed by atoms with Gasteiger partial charge in [-0.3, -0.25) is 14.9 Å². The van der Waals surface area contributed by atoms with Crippen LogP contribution < -0.4 is 29.7 Å². The number of carbonyl (C=O) groups is 3. The Morgan fingerprint density at radius 1 is 1.03 bits per heavy atom. The van der Waals surface area contributed by atoms with Gasteiger partial charge in [-0.15, -0.1) is 0 Å². The first-order valence-electron chi connectivity index (χ1n) is 9.10. The molecule has 0 aliphatic carbocycles. The Kier molecular flexibility index (Phi) is 6.32. The molecule has 1 atom stereocenters. The number of hydrogen-bond donors (Lipinski definition) is 2. The third kappa shape index (κ3) is 4.09. The first-order chi connectivity index (χ1) is 15.5. The highest BCUT2D eigenvalue weighted by atomic mass is 35.5. The van der Waals surface area contributed by atoms with E-state index >= 15 is 0 Å². The predicted molar refractivity (Wildman–Crippen MR) is 110 cm³/mol. The van der Waals surface area contributed by atoms with Crippen molar-refractivity contribution >= 4 is 35.1 Å². The van der Waals surface area contributed by atoms with E-state index in [1.165, 1.54) is 45.6 Å². The highest BCUT2D eigenvalue weighted by Gasteiger charge is 2.69. The van der Waals surface area contributed by atoms with Crippen molar-refractivity contribution in [1.82, 2.24) is 10.6 Å². The molecule has 9 nitrogen and oxygen atoms in total. The van der Waals surface area contributed by atoms with E-state index in [2.05, 4.69) is 0 Å². The van der Waals surface area contributed by atoms with Gasteiger partial charge in [-0.25, -0.2) is 9.69 Å². The Hall–Kier alpha value is -3.67. The summed E-state index contributed by atoms with van der Waals surface area (Å²) in [4.78, 5) is 38.4. The zero-order valence-corrected chi connectivity index (χ0v) is 18.1. The van der Waals surface area contributed by atoms with Gasteiger partial charge in [0, 0.05) is 10.6 Å². The van der Waals surface area contributed by atoms with Crippen LogP contribution in [-0.4, -0.2) is 51.0 Å². The number of carbonyl (C=O) groups excluding carboxylic acids is 3. The number of alkyl halides is 3. The lowest BCUT2D eigenvalue weighted by Gasteiger charge is -2.30. The third-order valence-electron chi connectivity index (χ3n) is 4.76. The summed E-state index contributed by atoms with van der Waals surface area (Å²) >= 11 is 5.76. The van der Waals surface area contributed by atoms with Crippen molar-refractivity contribution in [1.29, 1.82) is 0 Å². The topological polar surface area (TPSA) is 106 Å². The summed E-state index contributed by atoms with van der Waals surface area (Å²) in [6, 6.07) is 5.77. The zero-order valence-electron chi connectivity index (χ0n) is 17.4. The lowest BCUT2D eigenvalue weighted by atomic mass is 10.1. The van der Waals surface area contributed by atoms with Gasteiger partial charge in [-0.1, -0.05) is 11.6 Å². The van der Waals surface area contributed by atoms with Gasteiger partial charge in [-0.05, 0) is 36.4 Å². The number of halogens is 4. The molecular weight excluding hydrogens is 471 g/mol. The molecule has 2 aromatic carbocycles. The Labute approximate surface area is 190 Å². The minimum absolute atomic E-state index is 0.00682. The molecule has 1 fully saturated rings. The molecule has 3 rings (SSSR count). The maximum atomic E-state index is 14.1. The summed E-state index contributed by atoms with van der Waals surface area (Å²) in [7, 11) is 3.80. The number of urea groups is 1. The molecule has 0 bridgehead atoms. The van der Waals surface area contributed by atoms with E-state index in [1.54, 1.807) is 10.6 Å². The van der Waals surface area contributed by atoms with Crippen molar-refractivity contribution in [2.24, 2.45) is 0 Å². The lowest BCUT2D eigenvalue weighted by Crippen LogP contribution is -2.69. The largest absolute Gasteiger partial charge is 0.493 e. The summed E-state index contributed by atoms with van der Waals surface area (Å²) < 4.78 is 57.6. The van der Waals surface area contributed by atoms with Crippen LogP contribution in [0.25, 0.3) is 0 Å². The molecule has 0 aromatic heterocycles. The van der Waals surface area contributed by atoms with Gasteiger partial charge in [0.25, 0.3) is 17.5 Å². The molecule has 1 saturated heterocycles. The molecule has 1 aliphatic heterocycles. The first kappa shape index (κ1) is 24.0. The van der Waals surface area contributed by atoms with E-state index in [-0.39, 0.29) is 38.4 Å². The average Bonchev–Trinajstić information content (AvgIpc) is 3.03. The summed E-state index contributed by atoms with van der Waals surface area (Å²) in [6.07, 6.45) is -5.39. The van der Waals surface area contributed by atoms with Gasteiger partial charge in [0.2, 0.25) is 5.75 Å². The molecule has 1 aliphatic rings. The molecule has 2 aromatic rings. The van der Waals surface area contributed by atoms with Crippen LogP contribution in [0, 0.1) is 0 Å². The number of hydrogen-bond acceptors (Lipinski definition) is 6. The molecular formula is C20H17ClF3N3O6. The van der Waals surface area contributed by atoms with Crippen molar-refractivity contribution in [3.8, 4) is 17.2 Å². The number of nitrogens with one attached hydrogen (secondary N) is 2. The smallest absolute Gasteiger partial charge is 0.440 e. The second-order valence-corrected chi connectivity index (χ2v) is 7.10. The van der Waals surface area contributed by atoms with Crippen LogP contribution in [0.4, 0.5) is 23.7 Å². The van der Waals surface area contributed by atoms with Crippen molar-refractivity contribution < 1.29 is 41.8 Å². The number of ether oxygens (including phenoxy) is 3. The second kappa shape index (κ2) is 8.70. The Balaban J connectivity index is 2.03. The van der Waals surface area contributed by atoms with Crippen molar-refractivity contribution in [2.45, 2.75) is 11.8 Å². The Morgan fingerprint density at radius 2 is 1.58 bits per heavy atom. The van der Waals surface area contributed by atoms with Gasteiger partial charge in [0.1, 0.15) is 0 Å². The molecule has 1 heterocycles. The molecule has 176 valence electrons. The molecule has 1 unspecified atom stereocenters. The van der Waals surface area contributed by atoms with E-state index in [9.17, 15) is 27.6 Å². The molecule has 33 heavy (non-hydrogen) atoms. The van der Waals surface area contributed by atoms with E-state index in [1.807, 2.05) is 0 Å². The van der Waals surface area contributed by atoms with Gasteiger partial charge >= 0.3 is 12.2 Å². The van der Waals surface area contributed by atoms with Crippen LogP contribution in [0.2, 0.25) is 5.02 Å². The quantitative estimate of drug-likeness (QED) is 0.606. The van der Waals surface area contributed by atoms with E-state index in [0.717, 1.165) is 12.1 Å². The Bertz CT molecular complexity index is 1080. The van der Waals surface area contributed by atoms with E-state index in [0.29, 0.717) is 0 Å². The van der Waals surface area contributed by atoms with Crippen molar-refractivity contribution in [3.05, 3.63) is 47.0 Å². The minimum Gasteiger partial charge on any atom is -0.493 e. The highest BCUT2D eigenvalue weighted by molar-refractivity contribution is 6.31. The van der Waals surface area contributed by atoms with Crippen LogP contribution in [-0.2, 0) is 4.79 Å². The second-order valence-electron chi connectivity index (χ2n) is 6.66. The fraction of sp³-hybridized carbons (Fsp3) is 0.250. The fourth-order valence-corrected chi connectivity index (χ4v) is 3.28. The van der Waals surface area contributed by atoms with Crippen molar-refractivity contribution in [2.75, 3.05) is 26.2 Å². The fourth-order valence-electron chi connectivity index (χ4n) is 3.16. The first-order valence-corrected chi connectivity index (χ1v) is 9.48. The summed E-state index contributed by atoms with van der Waals surface area (Å²) in [6.45, 7) is 0. The summed E-state index contributed by atoms with van der Waals surface area (Å²) in [5.74, 6) is -3.00. The number of imide groups is 1. The van der Waals surface area contributed by atoms with Crippen LogP contribution >= 0.6 is 11.6 Å². The Morgan fingerprint density at radius 3 is 2.03 bits per heavy atom. The van der Waals surface area contributed by atoms with Crippen LogP contribution in [0.15, 0.2) is 36.4 Å². The number of anilines is 1. The SMILES string of the molecule is COc1cc(C(=O)NC2(C(F)(F)F)NC(=O)N(c3ccc(Cl)cc3)C2=O)cc(OC)c1OC. The minimum atomic E-state index is -5.39. The molecule has 13 heteroatoms. The number of amides is 4. The molecule has 4 amide bonds. The third-order valence-corrected chi connectivity index (χ3v) is 5.01. The van der Waals surface area contributed by atoms with E-state index in [4.69, 9.17) is 25.8 Å². The van der Waals surface area contributed by atoms with Crippen LogP contribution in [0.5, 0.6) is 17.2 Å². The van der Waals surface area contributed by atoms with E-state index < -0.39 is 29.7 Å². The van der Waals surface area contributed by atoms with Crippen LogP contribution in [0.1, 0.15) is 10.4 Å². The highest BCUT2D eigenvalue weighted by Crippen LogP contribution is 2.39. The zero-order chi connectivity index (χ0) is 24.6. The maximum absolute atomic E-state index is 14.1. The maximum Gasteiger partial charge on any atom is 0.440 e. The molecule has 0 saturated carbocycles. The van der Waals surface area contributed by atoms with Gasteiger partial charge in [0.15, 0.2) is 11.5 Å². The van der Waals surface area contributed by atoms with Crippen molar-refractivity contribution in [3.63, 3.8) is 0 Å². The van der Waals surface area contributed by atoms with Gasteiger partial charge in [0.05, 0.1) is 27.0 Å². The average molecular weight is 488 g/mol. The number of rotatable bonds is 6. The van der Waals surface area contributed by atoms with Crippen LogP contribution in [0.3, 0.4) is 0 Å². The number of benzene rings is 2. The monoisotopic (exact) mass is 487 g/mol. The summed E-state index contributed by atoms with van der Waals surface area (Å²) in [5.41, 5.74) is -4.24. The predicted octanol–water partition coefficient (Wildman–Crippen LogP) is 3.11. The standard InChI is InChI=1S/C20H17ClF3N3O6/c1-31-13-8-10(9-14(32-2)15(13)33-3)16(28)25-19(20(22,23)24)17(29)27(18(30)26-19)12-6-4-11(21)5-7-12/h4-9H,1-3H3,(H,25,28)(H,26,30). The number of nitrogens with zero attached hydrogens (tertiary/aromatic N) is 1. The number of methoxy groups -OCH3 is 3. The molecule has 0 radical (unpaired) electrons. The molecule has 0 spiro atoms. The van der Waals surface area contributed by atoms with Gasteiger partial charge < -0.3 is 19.5 Å². The normalized spacial score (nSPS) is 18.1. The van der Waals surface area contributed by atoms with Gasteiger partial charge in [-0.2, -0.15) is 13.2 Å².